The zero-order valence-electron chi connectivity index (χ0n) is 9.72. The number of hydrogen-bond donors (Lipinski definition) is 2. The van der Waals surface area contributed by atoms with Crippen LogP contribution in [0.5, 0.6) is 0 Å². The van der Waals surface area contributed by atoms with Crippen molar-refractivity contribution in [1.29, 1.82) is 0 Å². The minimum atomic E-state index is -0.848. The molecule has 0 saturated carbocycles. The quantitative estimate of drug-likeness (QED) is 0.612. The van der Waals surface area contributed by atoms with Gasteiger partial charge >= 0.3 is 5.69 Å². The maximum atomic E-state index is 13.8. The minimum absolute atomic E-state index is 0.0813. The fraction of sp³-hybridized carbons (Fsp3) is 0.0909. The SMILES string of the molecule is Cc1cc(=O)n(-c2cc(S)c(Cl)cc2F)c(=O)n1N. The number of rotatable bonds is 1. The Labute approximate surface area is 117 Å². The smallest absolute Gasteiger partial charge is 0.335 e. The van der Waals surface area contributed by atoms with Gasteiger partial charge in [0.25, 0.3) is 5.56 Å². The molecule has 0 unspecified atom stereocenters. The molecule has 0 atom stereocenters. The molecule has 0 spiro atoms. The first kappa shape index (κ1) is 13.7. The van der Waals surface area contributed by atoms with E-state index in [1.54, 1.807) is 0 Å². The average molecular weight is 302 g/mol. The lowest BCUT2D eigenvalue weighted by atomic mass is 10.3. The number of halogens is 2. The van der Waals surface area contributed by atoms with Gasteiger partial charge in [-0.1, -0.05) is 11.6 Å². The molecule has 19 heavy (non-hydrogen) atoms. The summed E-state index contributed by atoms with van der Waals surface area (Å²) < 4.78 is 15.2. The Morgan fingerprint density at radius 3 is 2.58 bits per heavy atom. The summed E-state index contributed by atoms with van der Waals surface area (Å²) in [5, 5.41) is 0.0813. The van der Waals surface area contributed by atoms with E-state index in [2.05, 4.69) is 12.6 Å². The predicted octanol–water partition coefficient (Wildman–Crippen LogP) is 1.10. The van der Waals surface area contributed by atoms with Crippen LogP contribution < -0.4 is 17.1 Å². The lowest BCUT2D eigenvalue weighted by molar-refractivity contribution is 0.606. The standard InChI is InChI=1S/C11H9ClFN3O2S/c1-5-2-10(17)15(11(18)16(5)14)8-4-9(19)6(12)3-7(8)13/h2-4,19H,14H2,1H3. The molecule has 0 fully saturated rings. The molecule has 2 rings (SSSR count). The van der Waals surface area contributed by atoms with E-state index < -0.39 is 17.1 Å². The van der Waals surface area contributed by atoms with Gasteiger partial charge in [-0.3, -0.25) is 4.79 Å². The lowest BCUT2D eigenvalue weighted by Gasteiger charge is -2.10. The number of thiol groups is 1. The van der Waals surface area contributed by atoms with E-state index in [0.717, 1.165) is 16.8 Å². The Hall–Kier alpha value is -1.73. The number of hydrogen-bond acceptors (Lipinski definition) is 4. The minimum Gasteiger partial charge on any atom is -0.335 e. The molecule has 5 nitrogen and oxygen atoms in total. The summed E-state index contributed by atoms with van der Waals surface area (Å²) >= 11 is 9.72. The fourth-order valence-corrected chi connectivity index (χ4v) is 1.92. The van der Waals surface area contributed by atoms with Crippen molar-refractivity contribution in [1.82, 2.24) is 9.24 Å². The van der Waals surface area contributed by atoms with Gasteiger partial charge in [0.1, 0.15) is 5.82 Å². The van der Waals surface area contributed by atoms with Crippen LogP contribution in [-0.2, 0) is 0 Å². The van der Waals surface area contributed by atoms with Gasteiger partial charge in [0.2, 0.25) is 0 Å². The van der Waals surface area contributed by atoms with Crippen molar-refractivity contribution in [2.45, 2.75) is 11.8 Å². The Kier molecular flexibility index (Phi) is 3.42. The second kappa shape index (κ2) is 4.75. The van der Waals surface area contributed by atoms with E-state index in [0.29, 0.717) is 4.57 Å². The molecule has 1 aromatic carbocycles. The highest BCUT2D eigenvalue weighted by molar-refractivity contribution is 7.80. The van der Waals surface area contributed by atoms with Gasteiger partial charge in [-0.25, -0.2) is 18.4 Å². The molecule has 0 saturated heterocycles. The van der Waals surface area contributed by atoms with Crippen LogP contribution in [0.25, 0.3) is 5.69 Å². The highest BCUT2D eigenvalue weighted by atomic mass is 35.5. The van der Waals surface area contributed by atoms with Gasteiger partial charge in [-0.05, 0) is 19.1 Å². The van der Waals surface area contributed by atoms with Crippen molar-refractivity contribution in [2.24, 2.45) is 0 Å². The molecule has 0 aliphatic heterocycles. The van der Waals surface area contributed by atoms with Crippen LogP contribution in [0.3, 0.4) is 0 Å². The Morgan fingerprint density at radius 2 is 1.95 bits per heavy atom. The second-order valence-electron chi connectivity index (χ2n) is 3.87. The van der Waals surface area contributed by atoms with Gasteiger partial charge in [-0.15, -0.1) is 12.6 Å². The molecule has 2 aromatic rings. The maximum Gasteiger partial charge on any atom is 0.354 e. The molecule has 0 bridgehead atoms. The van der Waals surface area contributed by atoms with Crippen molar-refractivity contribution in [3.8, 4) is 5.69 Å². The summed E-state index contributed by atoms with van der Waals surface area (Å²) in [4.78, 5) is 24.0. The van der Waals surface area contributed by atoms with Crippen LogP contribution in [0.1, 0.15) is 5.69 Å². The average Bonchev–Trinajstić information content (AvgIpc) is 2.33. The number of benzene rings is 1. The molecule has 100 valence electrons. The highest BCUT2D eigenvalue weighted by Crippen LogP contribution is 2.24. The Bertz CT molecular complexity index is 785. The largest absolute Gasteiger partial charge is 0.354 e. The number of aromatic nitrogens is 2. The van der Waals surface area contributed by atoms with E-state index in [4.69, 9.17) is 17.4 Å². The van der Waals surface area contributed by atoms with E-state index in [9.17, 15) is 14.0 Å². The van der Waals surface area contributed by atoms with Gasteiger partial charge < -0.3 is 5.84 Å². The highest BCUT2D eigenvalue weighted by Gasteiger charge is 2.14. The molecule has 0 radical (unpaired) electrons. The normalized spacial score (nSPS) is 10.7. The Morgan fingerprint density at radius 1 is 1.32 bits per heavy atom. The number of nitrogen functional groups attached to an aromatic ring is 1. The van der Waals surface area contributed by atoms with Crippen LogP contribution in [0, 0.1) is 12.7 Å². The molecule has 8 heteroatoms. The molecule has 1 aromatic heterocycles. The van der Waals surface area contributed by atoms with Gasteiger partial charge in [0.05, 0.1) is 10.7 Å². The molecular formula is C11H9ClFN3O2S. The van der Waals surface area contributed by atoms with E-state index in [1.165, 1.54) is 13.0 Å². The molecule has 2 N–H and O–H groups in total. The van der Waals surface area contributed by atoms with Crippen LogP contribution in [0.2, 0.25) is 5.02 Å². The zero-order valence-corrected chi connectivity index (χ0v) is 11.4. The number of aryl methyl sites for hydroxylation is 1. The van der Waals surface area contributed by atoms with Crippen LogP contribution in [0.4, 0.5) is 4.39 Å². The molecular weight excluding hydrogens is 293 g/mol. The van der Waals surface area contributed by atoms with Gasteiger partial charge in [0, 0.05) is 16.7 Å². The van der Waals surface area contributed by atoms with E-state index >= 15 is 0 Å². The van der Waals surface area contributed by atoms with Crippen molar-refractivity contribution in [3.05, 3.63) is 55.6 Å². The van der Waals surface area contributed by atoms with Gasteiger partial charge in [-0.2, -0.15) is 0 Å². The van der Waals surface area contributed by atoms with E-state index in [-0.39, 0.29) is 21.3 Å². The Balaban J connectivity index is 2.88. The van der Waals surface area contributed by atoms with E-state index in [1.807, 2.05) is 0 Å². The topological polar surface area (TPSA) is 70.0 Å². The summed E-state index contributed by atoms with van der Waals surface area (Å²) in [7, 11) is 0. The van der Waals surface area contributed by atoms with Crippen molar-refractivity contribution in [2.75, 3.05) is 5.84 Å². The number of nitrogens with two attached hydrogens (primary N) is 1. The first-order valence-corrected chi connectivity index (χ1v) is 5.94. The lowest BCUT2D eigenvalue weighted by Crippen LogP contribution is -2.43. The van der Waals surface area contributed by atoms with Gasteiger partial charge in [0.15, 0.2) is 0 Å². The molecule has 0 aliphatic rings. The third kappa shape index (κ3) is 2.26. The predicted molar refractivity (Wildman–Crippen MR) is 73.4 cm³/mol. The summed E-state index contributed by atoms with van der Waals surface area (Å²) in [5.74, 6) is 4.67. The first-order chi connectivity index (χ1) is 8.82. The third-order valence-electron chi connectivity index (χ3n) is 2.59. The van der Waals surface area contributed by atoms with Crippen molar-refractivity contribution in [3.63, 3.8) is 0 Å². The molecule has 0 aliphatic carbocycles. The van der Waals surface area contributed by atoms with Crippen LogP contribution >= 0.6 is 24.2 Å². The number of nitrogens with zero attached hydrogens (tertiary/aromatic N) is 2. The molecule has 0 amide bonds. The summed E-state index contributed by atoms with van der Waals surface area (Å²) in [6, 6.07) is 3.30. The fourth-order valence-electron chi connectivity index (χ4n) is 1.59. The molecule has 1 heterocycles. The third-order valence-corrected chi connectivity index (χ3v) is 3.40. The summed E-state index contributed by atoms with van der Waals surface area (Å²) in [5.41, 5.74) is -1.51. The summed E-state index contributed by atoms with van der Waals surface area (Å²) in [6.45, 7) is 1.50. The zero-order chi connectivity index (χ0) is 14.3. The monoisotopic (exact) mass is 301 g/mol. The van der Waals surface area contributed by atoms with Crippen LogP contribution in [-0.4, -0.2) is 9.24 Å². The van der Waals surface area contributed by atoms with Crippen molar-refractivity contribution >= 4 is 24.2 Å². The maximum absolute atomic E-state index is 13.8. The second-order valence-corrected chi connectivity index (χ2v) is 4.76. The van der Waals surface area contributed by atoms with Crippen molar-refractivity contribution < 1.29 is 4.39 Å². The summed E-state index contributed by atoms with van der Waals surface area (Å²) in [6.07, 6.45) is 0. The van der Waals surface area contributed by atoms with Crippen LogP contribution in [0.15, 0.2) is 32.7 Å². The first-order valence-electron chi connectivity index (χ1n) is 5.12.